The minimum atomic E-state index is 0.411. The average Bonchev–Trinajstić information content (AvgIpc) is 2.48. The van der Waals surface area contributed by atoms with Crippen LogP contribution in [0.3, 0.4) is 0 Å². The van der Waals surface area contributed by atoms with Gasteiger partial charge in [0.25, 0.3) is 0 Å². The number of hydrogen-bond acceptors (Lipinski definition) is 6. The van der Waals surface area contributed by atoms with Crippen molar-refractivity contribution in [3.05, 3.63) is 30.4 Å². The third kappa shape index (κ3) is 5.06. The minimum Gasteiger partial charge on any atom is -0.384 e. The normalized spacial score (nSPS) is 16.0. The van der Waals surface area contributed by atoms with Crippen LogP contribution in [0.4, 0.5) is 5.95 Å². The van der Waals surface area contributed by atoms with Gasteiger partial charge in [-0.1, -0.05) is 25.8 Å². The van der Waals surface area contributed by atoms with E-state index in [1.807, 2.05) is 6.07 Å². The molecule has 21 heavy (non-hydrogen) atoms. The molecule has 1 aromatic rings. The lowest BCUT2D eigenvalue weighted by Crippen LogP contribution is -2.23. The lowest BCUT2D eigenvalue weighted by molar-refractivity contribution is 0.444. The Morgan fingerprint density at radius 2 is 2.29 bits per heavy atom. The van der Waals surface area contributed by atoms with Crippen molar-refractivity contribution in [2.24, 2.45) is 10.8 Å². The quantitative estimate of drug-likeness (QED) is 0.619. The zero-order valence-electron chi connectivity index (χ0n) is 12.6. The third-order valence-corrected chi connectivity index (χ3v) is 3.62. The summed E-state index contributed by atoms with van der Waals surface area (Å²) in [4.78, 5) is 8.82. The van der Waals surface area contributed by atoms with Gasteiger partial charge in [0.2, 0.25) is 5.95 Å². The molecule has 1 aliphatic carbocycles. The van der Waals surface area contributed by atoms with Gasteiger partial charge in [-0.25, -0.2) is 9.97 Å². The summed E-state index contributed by atoms with van der Waals surface area (Å²) in [5.74, 6) is 1.12. The van der Waals surface area contributed by atoms with Crippen LogP contribution >= 0.6 is 0 Å². The Morgan fingerprint density at radius 3 is 3.00 bits per heavy atom. The van der Waals surface area contributed by atoms with Crippen molar-refractivity contribution in [1.82, 2.24) is 15.0 Å². The fourth-order valence-corrected chi connectivity index (χ4v) is 2.34. The predicted octanol–water partition coefficient (Wildman–Crippen LogP) is 2.11. The molecule has 1 aliphatic rings. The number of rotatable bonds is 6. The molecule has 0 aromatic carbocycles. The van der Waals surface area contributed by atoms with Crippen molar-refractivity contribution >= 4 is 12.2 Å². The first-order chi connectivity index (χ1) is 10.1. The van der Waals surface area contributed by atoms with Crippen LogP contribution in [0.15, 0.2) is 29.8 Å². The SMILES string of the molecule is C=C(N)N(C)/N=C\Cc1ccnc(NC2CCCCC2)n1. The Labute approximate surface area is 126 Å². The maximum Gasteiger partial charge on any atom is 0.223 e. The second-order valence-electron chi connectivity index (χ2n) is 5.37. The molecule has 2 rings (SSSR count). The molecule has 6 nitrogen and oxygen atoms in total. The van der Waals surface area contributed by atoms with Gasteiger partial charge in [-0.05, 0) is 18.9 Å². The van der Waals surface area contributed by atoms with E-state index >= 15 is 0 Å². The summed E-state index contributed by atoms with van der Waals surface area (Å²) in [6, 6.07) is 2.41. The lowest BCUT2D eigenvalue weighted by atomic mass is 9.96. The molecule has 1 fully saturated rings. The first-order valence-electron chi connectivity index (χ1n) is 7.44. The highest BCUT2D eigenvalue weighted by Gasteiger charge is 2.13. The molecular weight excluding hydrogens is 264 g/mol. The fourth-order valence-electron chi connectivity index (χ4n) is 2.34. The number of nitrogens with two attached hydrogens (primary N) is 1. The number of anilines is 1. The molecule has 0 aliphatic heterocycles. The van der Waals surface area contributed by atoms with Gasteiger partial charge >= 0.3 is 0 Å². The maximum absolute atomic E-state index is 5.53. The highest BCUT2D eigenvalue weighted by atomic mass is 15.5. The van der Waals surface area contributed by atoms with E-state index in [4.69, 9.17) is 5.73 Å². The van der Waals surface area contributed by atoms with Crippen molar-refractivity contribution in [2.75, 3.05) is 12.4 Å². The molecule has 0 unspecified atom stereocenters. The predicted molar refractivity (Wildman–Crippen MR) is 85.8 cm³/mol. The van der Waals surface area contributed by atoms with Crippen molar-refractivity contribution in [3.8, 4) is 0 Å². The number of hydrogen-bond donors (Lipinski definition) is 2. The Kier molecular flexibility index (Phi) is 5.54. The Balaban J connectivity index is 1.89. The van der Waals surface area contributed by atoms with Crippen LogP contribution in [0, 0.1) is 0 Å². The maximum atomic E-state index is 5.53. The summed E-state index contributed by atoms with van der Waals surface area (Å²) in [7, 11) is 1.76. The van der Waals surface area contributed by atoms with Gasteiger partial charge in [0, 0.05) is 31.9 Å². The van der Waals surface area contributed by atoms with Gasteiger partial charge in [-0.15, -0.1) is 0 Å². The molecule has 0 radical (unpaired) electrons. The average molecular weight is 288 g/mol. The van der Waals surface area contributed by atoms with Crippen LogP contribution in [-0.2, 0) is 6.42 Å². The van der Waals surface area contributed by atoms with E-state index in [-0.39, 0.29) is 0 Å². The number of hydrazone groups is 1. The molecule has 0 saturated heterocycles. The largest absolute Gasteiger partial charge is 0.384 e. The smallest absolute Gasteiger partial charge is 0.223 e. The first kappa shape index (κ1) is 15.3. The molecule has 3 N–H and O–H groups in total. The van der Waals surface area contributed by atoms with Gasteiger partial charge in [0.15, 0.2) is 0 Å². The summed E-state index contributed by atoms with van der Waals surface area (Å²) in [5.41, 5.74) is 6.46. The van der Waals surface area contributed by atoms with Crippen molar-refractivity contribution < 1.29 is 0 Å². The fraction of sp³-hybridized carbons (Fsp3) is 0.533. The molecule has 0 atom stereocenters. The number of nitrogens with one attached hydrogen (secondary N) is 1. The van der Waals surface area contributed by atoms with E-state index in [1.165, 1.54) is 37.1 Å². The molecule has 0 bridgehead atoms. The van der Waals surface area contributed by atoms with E-state index in [2.05, 4.69) is 27.0 Å². The Bertz CT molecular complexity index is 493. The summed E-state index contributed by atoms with van der Waals surface area (Å²) in [6.45, 7) is 3.61. The van der Waals surface area contributed by atoms with E-state index in [9.17, 15) is 0 Å². The van der Waals surface area contributed by atoms with Crippen molar-refractivity contribution in [1.29, 1.82) is 0 Å². The molecule has 0 amide bonds. The van der Waals surface area contributed by atoms with Gasteiger partial charge in [-0.2, -0.15) is 5.10 Å². The van der Waals surface area contributed by atoms with Crippen LogP contribution in [0.1, 0.15) is 37.8 Å². The van der Waals surface area contributed by atoms with Gasteiger partial charge in [0.05, 0.1) is 5.69 Å². The monoisotopic (exact) mass is 288 g/mol. The summed E-state index contributed by atoms with van der Waals surface area (Å²) >= 11 is 0. The van der Waals surface area contributed by atoms with Gasteiger partial charge < -0.3 is 11.1 Å². The molecule has 1 aromatic heterocycles. The zero-order chi connectivity index (χ0) is 15.1. The number of nitrogens with zero attached hydrogens (tertiary/aromatic N) is 4. The molecule has 6 heteroatoms. The van der Waals surface area contributed by atoms with Crippen LogP contribution in [0.25, 0.3) is 0 Å². The summed E-state index contributed by atoms with van der Waals surface area (Å²) in [6.07, 6.45) is 10.5. The summed E-state index contributed by atoms with van der Waals surface area (Å²) in [5, 5.41) is 9.12. The Hall–Kier alpha value is -2.11. The molecule has 1 saturated carbocycles. The van der Waals surface area contributed by atoms with Gasteiger partial charge in [-0.3, -0.25) is 5.01 Å². The highest BCUT2D eigenvalue weighted by Crippen LogP contribution is 2.20. The van der Waals surface area contributed by atoms with E-state index in [0.717, 1.165) is 5.69 Å². The topological polar surface area (TPSA) is 79.4 Å². The zero-order valence-corrected chi connectivity index (χ0v) is 12.6. The molecular formula is C15H24N6. The molecule has 0 spiro atoms. The van der Waals surface area contributed by atoms with Gasteiger partial charge in [0.1, 0.15) is 5.82 Å². The number of aromatic nitrogens is 2. The second kappa shape index (κ2) is 7.61. The van der Waals surface area contributed by atoms with E-state index in [0.29, 0.717) is 24.2 Å². The van der Waals surface area contributed by atoms with Crippen LogP contribution in [0.5, 0.6) is 0 Å². The minimum absolute atomic E-state index is 0.411. The van der Waals surface area contributed by atoms with Crippen LogP contribution < -0.4 is 11.1 Å². The van der Waals surface area contributed by atoms with E-state index in [1.54, 1.807) is 19.5 Å². The molecule has 1 heterocycles. The standard InChI is InChI=1S/C15H24N6/c1-12(16)21(2)18-11-9-14-8-10-17-15(20-14)19-13-6-4-3-5-7-13/h8,10-11,13H,1,3-7,9,16H2,2H3,(H,17,19,20)/b18-11-. The van der Waals surface area contributed by atoms with Crippen molar-refractivity contribution in [3.63, 3.8) is 0 Å². The Morgan fingerprint density at radius 1 is 1.52 bits per heavy atom. The lowest BCUT2D eigenvalue weighted by Gasteiger charge is -2.22. The third-order valence-electron chi connectivity index (χ3n) is 3.62. The van der Waals surface area contributed by atoms with Crippen LogP contribution in [0.2, 0.25) is 0 Å². The van der Waals surface area contributed by atoms with E-state index < -0.39 is 0 Å². The van der Waals surface area contributed by atoms with Crippen LogP contribution in [-0.4, -0.2) is 34.3 Å². The highest BCUT2D eigenvalue weighted by molar-refractivity contribution is 5.60. The first-order valence-corrected chi connectivity index (χ1v) is 7.44. The summed E-state index contributed by atoms with van der Waals surface area (Å²) < 4.78 is 0. The molecule has 114 valence electrons. The van der Waals surface area contributed by atoms with Crippen molar-refractivity contribution in [2.45, 2.75) is 44.6 Å². The second-order valence-corrected chi connectivity index (χ2v) is 5.37.